The van der Waals surface area contributed by atoms with Gasteiger partial charge in [-0.25, -0.2) is 9.80 Å². The van der Waals surface area contributed by atoms with E-state index in [0.29, 0.717) is 0 Å². The van der Waals surface area contributed by atoms with E-state index in [-0.39, 0.29) is 6.54 Å². The number of nitrogens with one attached hydrogen (secondary N) is 1. The number of carbonyl (C=O) groups excluding carboxylic acids is 2. The molecule has 1 heterocycles. The van der Waals surface area contributed by atoms with Gasteiger partial charge in [-0.2, -0.15) is 0 Å². The van der Waals surface area contributed by atoms with E-state index in [9.17, 15) is 9.59 Å². The summed E-state index contributed by atoms with van der Waals surface area (Å²) in [4.78, 5) is 25.7. The van der Waals surface area contributed by atoms with Crippen molar-refractivity contribution >= 4 is 18.3 Å². The zero-order valence-electron chi connectivity index (χ0n) is 6.94. The first-order valence-electron chi connectivity index (χ1n) is 3.41. The predicted octanol–water partition coefficient (Wildman–Crippen LogP) is -0.957. The summed E-state index contributed by atoms with van der Waals surface area (Å²) in [5, 5.41) is 4.89. The summed E-state index contributed by atoms with van der Waals surface area (Å²) in [6.07, 6.45) is 1.43. The normalized spacial score (nSPS) is 18.8. The lowest BCUT2D eigenvalue weighted by Crippen LogP contribution is -2.50. The fourth-order valence-electron chi connectivity index (χ4n) is 0.702. The van der Waals surface area contributed by atoms with Crippen LogP contribution in [0.2, 0.25) is 0 Å². The number of amides is 3. The predicted molar refractivity (Wildman–Crippen MR) is 42.4 cm³/mol. The SMILES string of the molecule is CN1C=NCC(=O)NC(=O)N1C. The maximum absolute atomic E-state index is 11.1. The maximum Gasteiger partial charge on any atom is 0.342 e. The fourth-order valence-corrected chi connectivity index (χ4v) is 0.702. The number of urea groups is 1. The molecule has 0 aliphatic carbocycles. The third kappa shape index (κ3) is 1.71. The third-order valence-corrected chi connectivity index (χ3v) is 1.50. The highest BCUT2D eigenvalue weighted by Gasteiger charge is 2.16. The Labute approximate surface area is 69.8 Å². The van der Waals surface area contributed by atoms with E-state index < -0.39 is 11.9 Å². The molecule has 3 amide bonds. The molecule has 6 nitrogen and oxygen atoms in total. The van der Waals surface area contributed by atoms with E-state index in [2.05, 4.69) is 10.3 Å². The molecule has 1 aliphatic heterocycles. The highest BCUT2D eigenvalue weighted by molar-refractivity contribution is 5.96. The van der Waals surface area contributed by atoms with Crippen molar-refractivity contribution in [3.8, 4) is 0 Å². The van der Waals surface area contributed by atoms with Crippen molar-refractivity contribution in [2.45, 2.75) is 0 Å². The molecule has 0 spiro atoms. The highest BCUT2D eigenvalue weighted by Crippen LogP contribution is 1.91. The average Bonchev–Trinajstić information content (AvgIpc) is 2.01. The topological polar surface area (TPSA) is 65.0 Å². The molecule has 0 saturated carbocycles. The first kappa shape index (κ1) is 8.51. The lowest BCUT2D eigenvalue weighted by atomic mass is 10.6. The van der Waals surface area contributed by atoms with Crippen LogP contribution in [0.4, 0.5) is 4.79 Å². The number of carbonyl (C=O) groups is 2. The maximum atomic E-state index is 11.1. The van der Waals surface area contributed by atoms with Crippen LogP contribution in [0.15, 0.2) is 4.99 Å². The second-order valence-corrected chi connectivity index (χ2v) is 2.41. The van der Waals surface area contributed by atoms with Gasteiger partial charge in [0.2, 0.25) is 5.91 Å². The van der Waals surface area contributed by atoms with Crippen LogP contribution in [-0.4, -0.2) is 48.9 Å². The number of imide groups is 1. The largest absolute Gasteiger partial charge is 0.342 e. The molecule has 6 heteroatoms. The van der Waals surface area contributed by atoms with Gasteiger partial charge in [-0.3, -0.25) is 20.1 Å². The molecule has 66 valence electrons. The van der Waals surface area contributed by atoms with Gasteiger partial charge in [0.05, 0.1) is 0 Å². The Kier molecular flexibility index (Phi) is 2.27. The van der Waals surface area contributed by atoms with Crippen molar-refractivity contribution in [2.24, 2.45) is 4.99 Å². The van der Waals surface area contributed by atoms with E-state index in [1.165, 1.54) is 16.4 Å². The summed E-state index contributed by atoms with van der Waals surface area (Å²) in [7, 11) is 3.21. The molecule has 1 aliphatic rings. The highest BCUT2D eigenvalue weighted by atomic mass is 16.2. The molecule has 0 atom stereocenters. The molecule has 1 N–H and O–H groups in total. The Bertz CT molecular complexity index is 238. The van der Waals surface area contributed by atoms with Gasteiger partial charge in [0, 0.05) is 14.1 Å². The first-order valence-corrected chi connectivity index (χ1v) is 3.41. The standard InChI is InChI=1S/C6H10N4O2/c1-9-4-7-3-5(11)8-6(12)10(9)2/h4H,3H2,1-2H3,(H,8,11,12). The Hall–Kier alpha value is -1.59. The van der Waals surface area contributed by atoms with Crippen LogP contribution >= 0.6 is 0 Å². The third-order valence-electron chi connectivity index (χ3n) is 1.50. The van der Waals surface area contributed by atoms with Gasteiger partial charge in [0.1, 0.15) is 12.9 Å². The molecular formula is C6H10N4O2. The van der Waals surface area contributed by atoms with E-state index in [0.717, 1.165) is 0 Å². The molecule has 0 aromatic rings. The number of hydrogen-bond acceptors (Lipinski definition) is 4. The Morgan fingerprint density at radius 1 is 1.50 bits per heavy atom. The van der Waals surface area contributed by atoms with Gasteiger partial charge in [-0.1, -0.05) is 0 Å². The van der Waals surface area contributed by atoms with Gasteiger partial charge in [0.25, 0.3) is 0 Å². The van der Waals surface area contributed by atoms with Crippen LogP contribution in [-0.2, 0) is 4.79 Å². The molecule has 0 fully saturated rings. The smallest absolute Gasteiger partial charge is 0.275 e. The van der Waals surface area contributed by atoms with Crippen molar-refractivity contribution < 1.29 is 9.59 Å². The number of hydrazine groups is 1. The molecule has 0 unspecified atom stereocenters. The van der Waals surface area contributed by atoms with Gasteiger partial charge >= 0.3 is 6.03 Å². The minimum absolute atomic E-state index is 0.0100. The first-order chi connectivity index (χ1) is 5.61. The molecule has 0 radical (unpaired) electrons. The summed E-state index contributed by atoms with van der Waals surface area (Å²) in [5.74, 6) is -0.392. The molecule has 0 bridgehead atoms. The van der Waals surface area contributed by atoms with Crippen LogP contribution in [0.5, 0.6) is 0 Å². The lowest BCUT2D eigenvalue weighted by molar-refractivity contribution is -0.119. The van der Waals surface area contributed by atoms with Crippen molar-refractivity contribution in [2.75, 3.05) is 20.6 Å². The second-order valence-electron chi connectivity index (χ2n) is 2.41. The minimum atomic E-state index is -0.450. The van der Waals surface area contributed by atoms with E-state index in [4.69, 9.17) is 0 Å². The van der Waals surface area contributed by atoms with Crippen LogP contribution in [0.3, 0.4) is 0 Å². The van der Waals surface area contributed by atoms with Crippen LogP contribution < -0.4 is 5.32 Å². The minimum Gasteiger partial charge on any atom is -0.275 e. The van der Waals surface area contributed by atoms with E-state index in [1.54, 1.807) is 14.1 Å². The molecule has 12 heavy (non-hydrogen) atoms. The molecule has 1 rings (SSSR count). The lowest BCUT2D eigenvalue weighted by Gasteiger charge is -2.26. The van der Waals surface area contributed by atoms with Crippen LogP contribution in [0, 0.1) is 0 Å². The zero-order valence-corrected chi connectivity index (χ0v) is 6.94. The monoisotopic (exact) mass is 170 g/mol. The van der Waals surface area contributed by atoms with Crippen LogP contribution in [0.25, 0.3) is 0 Å². The summed E-state index contributed by atoms with van der Waals surface area (Å²) < 4.78 is 0. The van der Waals surface area contributed by atoms with E-state index in [1.807, 2.05) is 0 Å². The number of rotatable bonds is 0. The molecular weight excluding hydrogens is 160 g/mol. The van der Waals surface area contributed by atoms with Crippen molar-refractivity contribution in [3.05, 3.63) is 0 Å². The van der Waals surface area contributed by atoms with Crippen LogP contribution in [0.1, 0.15) is 0 Å². The number of nitrogens with zero attached hydrogens (tertiary/aromatic N) is 3. The van der Waals surface area contributed by atoms with Gasteiger partial charge in [0.15, 0.2) is 0 Å². The number of aliphatic imine (C=N–C) groups is 1. The summed E-state index contributed by atoms with van der Waals surface area (Å²) in [6.45, 7) is -0.0100. The van der Waals surface area contributed by atoms with Crippen molar-refractivity contribution in [3.63, 3.8) is 0 Å². The van der Waals surface area contributed by atoms with Gasteiger partial charge in [-0.05, 0) is 0 Å². The average molecular weight is 170 g/mol. The fraction of sp³-hybridized carbons (Fsp3) is 0.500. The van der Waals surface area contributed by atoms with Gasteiger partial charge < -0.3 is 0 Å². The van der Waals surface area contributed by atoms with E-state index >= 15 is 0 Å². The van der Waals surface area contributed by atoms with Crippen molar-refractivity contribution in [1.29, 1.82) is 0 Å². The molecule has 0 aromatic heterocycles. The second kappa shape index (κ2) is 3.21. The Morgan fingerprint density at radius 3 is 2.83 bits per heavy atom. The summed E-state index contributed by atoms with van der Waals surface area (Å²) in [6, 6.07) is -0.450. The zero-order chi connectivity index (χ0) is 9.14. The van der Waals surface area contributed by atoms with Gasteiger partial charge in [-0.15, -0.1) is 0 Å². The summed E-state index contributed by atoms with van der Waals surface area (Å²) in [5.41, 5.74) is 0. The summed E-state index contributed by atoms with van der Waals surface area (Å²) >= 11 is 0. The molecule has 0 aromatic carbocycles. The molecule has 0 saturated heterocycles. The number of hydrogen-bond donors (Lipinski definition) is 1. The Balaban J connectivity index is 2.77. The Morgan fingerprint density at radius 2 is 2.17 bits per heavy atom. The van der Waals surface area contributed by atoms with Crippen molar-refractivity contribution in [1.82, 2.24) is 15.3 Å². The quantitative estimate of drug-likeness (QED) is 0.509.